The second kappa shape index (κ2) is 6.15. The van der Waals surface area contributed by atoms with Crippen molar-refractivity contribution in [3.05, 3.63) is 0 Å². The highest BCUT2D eigenvalue weighted by atomic mass is 32.1. The van der Waals surface area contributed by atoms with Crippen LogP contribution in [0, 0.1) is 11.3 Å². The van der Waals surface area contributed by atoms with Gasteiger partial charge < -0.3 is 4.90 Å². The van der Waals surface area contributed by atoms with Gasteiger partial charge in [0.2, 0.25) is 0 Å². The number of rotatable bonds is 8. The molecule has 0 heterocycles. The highest BCUT2D eigenvalue weighted by Crippen LogP contribution is 2.47. The Morgan fingerprint density at radius 3 is 2.13 bits per heavy atom. The van der Waals surface area contributed by atoms with E-state index in [2.05, 4.69) is 38.3 Å². The predicted molar refractivity (Wildman–Crippen MR) is 71.7 cm³/mol. The maximum atomic E-state index is 4.49. The molecule has 1 nitrogen and oxygen atoms in total. The van der Waals surface area contributed by atoms with E-state index in [1.807, 2.05) is 0 Å². The molecule has 0 aliphatic heterocycles. The molecule has 1 saturated carbocycles. The van der Waals surface area contributed by atoms with Gasteiger partial charge in [0, 0.05) is 13.1 Å². The van der Waals surface area contributed by atoms with Crippen molar-refractivity contribution < 1.29 is 0 Å². The summed E-state index contributed by atoms with van der Waals surface area (Å²) in [4.78, 5) is 2.64. The number of nitrogens with zero attached hydrogens (tertiary/aromatic N) is 1. The van der Waals surface area contributed by atoms with Crippen LogP contribution in [0.3, 0.4) is 0 Å². The summed E-state index contributed by atoms with van der Waals surface area (Å²) in [6.45, 7) is 10.7. The second-order valence-electron chi connectivity index (χ2n) is 5.17. The monoisotopic (exact) mass is 229 g/mol. The van der Waals surface area contributed by atoms with Gasteiger partial charge >= 0.3 is 0 Å². The molecule has 0 aromatic rings. The molecular weight excluding hydrogens is 202 g/mol. The Balaban J connectivity index is 2.35. The van der Waals surface area contributed by atoms with E-state index in [0.717, 1.165) is 11.7 Å². The van der Waals surface area contributed by atoms with E-state index >= 15 is 0 Å². The fourth-order valence-corrected chi connectivity index (χ4v) is 2.65. The topological polar surface area (TPSA) is 3.24 Å². The minimum absolute atomic E-state index is 0.588. The molecule has 0 aromatic heterocycles. The summed E-state index contributed by atoms with van der Waals surface area (Å²) in [5.41, 5.74) is 0.588. The zero-order valence-electron chi connectivity index (χ0n) is 10.6. The first-order chi connectivity index (χ1) is 7.19. The molecule has 1 rings (SSSR count). The molecule has 0 aromatic carbocycles. The third kappa shape index (κ3) is 3.99. The van der Waals surface area contributed by atoms with Crippen molar-refractivity contribution in [2.45, 2.75) is 46.5 Å². The highest BCUT2D eigenvalue weighted by Gasteiger charge is 2.42. The Morgan fingerprint density at radius 2 is 1.80 bits per heavy atom. The van der Waals surface area contributed by atoms with Gasteiger partial charge in [0.25, 0.3) is 0 Å². The molecule has 0 radical (unpaired) electrons. The molecular formula is C13H27NS. The van der Waals surface area contributed by atoms with Gasteiger partial charge in [-0.25, -0.2) is 0 Å². The van der Waals surface area contributed by atoms with Gasteiger partial charge in [-0.1, -0.05) is 33.6 Å². The fourth-order valence-electron chi connectivity index (χ4n) is 2.23. The van der Waals surface area contributed by atoms with Crippen molar-refractivity contribution in [3.8, 4) is 0 Å². The first-order valence-corrected chi connectivity index (χ1v) is 7.16. The number of hydrogen-bond acceptors (Lipinski definition) is 2. The van der Waals surface area contributed by atoms with Gasteiger partial charge in [0.05, 0.1) is 0 Å². The first-order valence-electron chi connectivity index (χ1n) is 6.53. The van der Waals surface area contributed by atoms with Crippen LogP contribution in [0.15, 0.2) is 0 Å². The first kappa shape index (κ1) is 13.4. The lowest BCUT2D eigenvalue weighted by atomic mass is 10.0. The average molecular weight is 229 g/mol. The largest absolute Gasteiger partial charge is 0.303 e. The summed E-state index contributed by atoms with van der Waals surface area (Å²) in [6.07, 6.45) is 5.44. The molecule has 0 spiro atoms. The van der Waals surface area contributed by atoms with Gasteiger partial charge in [-0.3, -0.25) is 0 Å². The Bertz CT molecular complexity index is 173. The third-order valence-corrected chi connectivity index (χ3v) is 4.64. The van der Waals surface area contributed by atoms with Crippen molar-refractivity contribution in [2.24, 2.45) is 11.3 Å². The van der Waals surface area contributed by atoms with Gasteiger partial charge in [0.15, 0.2) is 0 Å². The Kier molecular flexibility index (Phi) is 5.48. The van der Waals surface area contributed by atoms with Crippen molar-refractivity contribution in [3.63, 3.8) is 0 Å². The molecule has 0 N–H and O–H groups in total. The highest BCUT2D eigenvalue weighted by molar-refractivity contribution is 7.80. The lowest BCUT2D eigenvalue weighted by Crippen LogP contribution is -2.35. The zero-order chi connectivity index (χ0) is 11.3. The van der Waals surface area contributed by atoms with Crippen LogP contribution in [0.2, 0.25) is 0 Å². The van der Waals surface area contributed by atoms with Crippen LogP contribution in [0.4, 0.5) is 0 Å². The Morgan fingerprint density at radius 1 is 1.20 bits per heavy atom. The molecule has 1 aliphatic carbocycles. The summed E-state index contributed by atoms with van der Waals surface area (Å²) in [5, 5.41) is 0. The van der Waals surface area contributed by atoms with Crippen LogP contribution in [0.1, 0.15) is 46.5 Å². The summed E-state index contributed by atoms with van der Waals surface area (Å²) in [6, 6.07) is 0. The molecule has 2 heteroatoms. The van der Waals surface area contributed by atoms with E-state index in [4.69, 9.17) is 0 Å². The van der Waals surface area contributed by atoms with E-state index in [1.54, 1.807) is 0 Å². The van der Waals surface area contributed by atoms with E-state index in [0.29, 0.717) is 5.41 Å². The van der Waals surface area contributed by atoms with Crippen molar-refractivity contribution >= 4 is 12.6 Å². The second-order valence-corrected chi connectivity index (χ2v) is 5.48. The summed E-state index contributed by atoms with van der Waals surface area (Å²) in [5.74, 6) is 1.97. The van der Waals surface area contributed by atoms with E-state index in [-0.39, 0.29) is 0 Å². The minimum atomic E-state index is 0.588. The summed E-state index contributed by atoms with van der Waals surface area (Å²) in [7, 11) is 0. The Hall–Kier alpha value is 0.310. The standard InChI is InChI=1S/C13H27NS/c1-4-12(5-2)9-14(6-3)10-13(11-15)7-8-13/h12,15H,4-11H2,1-3H3. The van der Waals surface area contributed by atoms with Crippen molar-refractivity contribution in [2.75, 3.05) is 25.4 Å². The molecule has 1 fully saturated rings. The normalized spacial score (nSPS) is 18.8. The smallest absolute Gasteiger partial charge is 0.00458 e. The number of hydrogen-bond donors (Lipinski definition) is 1. The van der Waals surface area contributed by atoms with E-state index < -0.39 is 0 Å². The molecule has 0 amide bonds. The Labute approximate surface area is 101 Å². The fraction of sp³-hybridized carbons (Fsp3) is 1.00. The lowest BCUT2D eigenvalue weighted by molar-refractivity contribution is 0.200. The van der Waals surface area contributed by atoms with Gasteiger partial charge in [-0.2, -0.15) is 12.6 Å². The maximum absolute atomic E-state index is 4.49. The lowest BCUT2D eigenvalue weighted by Gasteiger charge is -2.28. The van der Waals surface area contributed by atoms with Crippen LogP contribution in [-0.4, -0.2) is 30.3 Å². The van der Waals surface area contributed by atoms with Crippen LogP contribution in [0.5, 0.6) is 0 Å². The summed E-state index contributed by atoms with van der Waals surface area (Å²) < 4.78 is 0. The van der Waals surface area contributed by atoms with E-state index in [9.17, 15) is 0 Å². The predicted octanol–water partition coefficient (Wildman–Crippen LogP) is 3.45. The molecule has 0 bridgehead atoms. The zero-order valence-corrected chi connectivity index (χ0v) is 11.5. The van der Waals surface area contributed by atoms with E-state index in [1.165, 1.54) is 45.3 Å². The summed E-state index contributed by atoms with van der Waals surface area (Å²) >= 11 is 4.49. The number of thiol groups is 1. The van der Waals surface area contributed by atoms with Gasteiger partial charge in [-0.15, -0.1) is 0 Å². The molecule has 15 heavy (non-hydrogen) atoms. The molecule has 0 unspecified atom stereocenters. The van der Waals surface area contributed by atoms with Crippen LogP contribution < -0.4 is 0 Å². The molecule has 1 aliphatic rings. The minimum Gasteiger partial charge on any atom is -0.303 e. The third-order valence-electron chi connectivity index (χ3n) is 3.97. The molecule has 90 valence electrons. The van der Waals surface area contributed by atoms with Crippen LogP contribution in [0.25, 0.3) is 0 Å². The van der Waals surface area contributed by atoms with Gasteiger partial charge in [0.1, 0.15) is 0 Å². The van der Waals surface area contributed by atoms with Crippen molar-refractivity contribution in [1.82, 2.24) is 4.90 Å². The molecule has 0 atom stereocenters. The van der Waals surface area contributed by atoms with Crippen LogP contribution in [-0.2, 0) is 0 Å². The van der Waals surface area contributed by atoms with Gasteiger partial charge in [-0.05, 0) is 36.5 Å². The SMILES string of the molecule is CCC(CC)CN(CC)CC1(CS)CC1. The maximum Gasteiger partial charge on any atom is 0.00458 e. The average Bonchev–Trinajstić information content (AvgIpc) is 3.04. The van der Waals surface area contributed by atoms with Crippen molar-refractivity contribution in [1.29, 1.82) is 0 Å². The van der Waals surface area contributed by atoms with Crippen LogP contribution >= 0.6 is 12.6 Å². The quantitative estimate of drug-likeness (QED) is 0.624. The molecule has 0 saturated heterocycles.